The highest BCUT2D eigenvalue weighted by Crippen LogP contribution is 2.41. The van der Waals surface area contributed by atoms with Crippen LogP contribution < -0.4 is 4.74 Å². The van der Waals surface area contributed by atoms with E-state index >= 15 is 8.78 Å². The molecule has 234 valence electrons. The van der Waals surface area contributed by atoms with Gasteiger partial charge >= 0.3 is 5.97 Å². The zero-order chi connectivity index (χ0) is 32.6. The van der Waals surface area contributed by atoms with E-state index in [0.717, 1.165) is 18.2 Å². The Morgan fingerprint density at radius 3 is 2.59 bits per heavy atom. The molecule has 0 bridgehead atoms. The molecule has 1 saturated heterocycles. The number of carbonyl (C=O) groups is 1. The monoisotopic (exact) mass is 626 g/mol. The molecule has 1 N–H and O–H groups in total. The summed E-state index contributed by atoms with van der Waals surface area (Å²) in [5, 5.41) is 18.6. The van der Waals surface area contributed by atoms with Crippen molar-refractivity contribution >= 4 is 17.0 Å². The van der Waals surface area contributed by atoms with Crippen LogP contribution in [-0.2, 0) is 17.8 Å². The SMILES string of the molecule is CC1(C)COCCC1n1c(Cc2cc(F)c(-c3cccc(OCc4ccc(C#N)cc4F)n3)cc2F)nc2ccc(C(=O)O)cc21. The molecule has 1 atom stereocenters. The molecule has 1 aliphatic heterocycles. The molecule has 6 rings (SSSR count). The average molecular weight is 627 g/mol. The Balaban J connectivity index is 1.31. The van der Waals surface area contributed by atoms with Crippen molar-refractivity contribution in [1.29, 1.82) is 5.26 Å². The largest absolute Gasteiger partial charge is 0.478 e. The second kappa shape index (κ2) is 12.3. The topological polar surface area (TPSA) is 110 Å². The van der Waals surface area contributed by atoms with Crippen molar-refractivity contribution < 1.29 is 32.5 Å². The first-order valence-corrected chi connectivity index (χ1v) is 14.6. The molecule has 3 heterocycles. The molecule has 1 aliphatic rings. The number of fused-ring (bicyclic) bond motifs is 1. The lowest BCUT2D eigenvalue weighted by Crippen LogP contribution is -2.37. The van der Waals surface area contributed by atoms with Crippen LogP contribution in [-0.4, -0.2) is 38.8 Å². The number of imidazole rings is 1. The van der Waals surface area contributed by atoms with E-state index in [-0.39, 0.29) is 63.9 Å². The molecule has 1 fully saturated rings. The summed E-state index contributed by atoms with van der Waals surface area (Å²) in [4.78, 5) is 20.8. The highest BCUT2D eigenvalue weighted by Gasteiger charge is 2.37. The Morgan fingerprint density at radius 1 is 1.04 bits per heavy atom. The predicted molar refractivity (Wildman–Crippen MR) is 163 cm³/mol. The van der Waals surface area contributed by atoms with E-state index in [9.17, 15) is 14.3 Å². The van der Waals surface area contributed by atoms with Crippen molar-refractivity contribution in [3.05, 3.63) is 112 Å². The van der Waals surface area contributed by atoms with Crippen LogP contribution in [0.5, 0.6) is 5.88 Å². The van der Waals surface area contributed by atoms with Gasteiger partial charge in [0.05, 0.1) is 40.5 Å². The van der Waals surface area contributed by atoms with Gasteiger partial charge in [-0.25, -0.2) is 27.9 Å². The molecule has 8 nitrogen and oxygen atoms in total. The highest BCUT2D eigenvalue weighted by molar-refractivity contribution is 5.92. The number of benzene rings is 3. The number of pyridine rings is 1. The number of rotatable bonds is 8. The first kappa shape index (κ1) is 30.8. The first-order chi connectivity index (χ1) is 22.0. The van der Waals surface area contributed by atoms with Crippen LogP contribution in [0.1, 0.15) is 59.2 Å². The van der Waals surface area contributed by atoms with Gasteiger partial charge in [-0.15, -0.1) is 0 Å². The fourth-order valence-electron chi connectivity index (χ4n) is 5.87. The lowest BCUT2D eigenvalue weighted by molar-refractivity contribution is -0.0250. The Labute approximate surface area is 262 Å². The van der Waals surface area contributed by atoms with Crippen LogP contribution in [0.3, 0.4) is 0 Å². The fraction of sp³-hybridized carbons (Fsp3) is 0.257. The summed E-state index contributed by atoms with van der Waals surface area (Å²) in [7, 11) is 0. The van der Waals surface area contributed by atoms with E-state index in [2.05, 4.69) is 4.98 Å². The Morgan fingerprint density at radius 2 is 1.85 bits per heavy atom. The van der Waals surface area contributed by atoms with Crippen molar-refractivity contribution in [2.75, 3.05) is 13.2 Å². The number of aromatic carboxylic acids is 1. The van der Waals surface area contributed by atoms with Crippen LogP contribution in [0.15, 0.2) is 66.7 Å². The summed E-state index contributed by atoms with van der Waals surface area (Å²) in [5.41, 5.74) is 1.44. The van der Waals surface area contributed by atoms with Crippen molar-refractivity contribution in [1.82, 2.24) is 14.5 Å². The van der Waals surface area contributed by atoms with Gasteiger partial charge in [0.25, 0.3) is 0 Å². The molecule has 1 unspecified atom stereocenters. The van der Waals surface area contributed by atoms with Gasteiger partial charge in [-0.2, -0.15) is 5.26 Å². The first-order valence-electron chi connectivity index (χ1n) is 14.6. The van der Waals surface area contributed by atoms with Gasteiger partial charge in [0.1, 0.15) is 29.9 Å². The summed E-state index contributed by atoms with van der Waals surface area (Å²) in [6, 6.07) is 17.2. The molecule has 0 aliphatic carbocycles. The minimum Gasteiger partial charge on any atom is -0.478 e. The third-order valence-electron chi connectivity index (χ3n) is 8.27. The lowest BCUT2D eigenvalue weighted by atomic mass is 9.81. The van der Waals surface area contributed by atoms with Crippen molar-refractivity contribution in [3.63, 3.8) is 0 Å². The van der Waals surface area contributed by atoms with Crippen LogP contribution in [0.25, 0.3) is 22.3 Å². The molecule has 3 aromatic carbocycles. The zero-order valence-corrected chi connectivity index (χ0v) is 25.1. The zero-order valence-electron chi connectivity index (χ0n) is 25.1. The summed E-state index contributed by atoms with van der Waals surface area (Å²) < 4.78 is 58.9. The number of hydrogen-bond acceptors (Lipinski definition) is 6. The van der Waals surface area contributed by atoms with Gasteiger partial charge < -0.3 is 19.1 Å². The molecule has 0 spiro atoms. The lowest BCUT2D eigenvalue weighted by Gasteiger charge is -2.40. The van der Waals surface area contributed by atoms with Crippen LogP contribution in [0.2, 0.25) is 0 Å². The average Bonchev–Trinajstić information content (AvgIpc) is 3.38. The predicted octanol–water partition coefficient (Wildman–Crippen LogP) is 7.24. The molecule has 0 radical (unpaired) electrons. The van der Waals surface area contributed by atoms with E-state index < -0.39 is 23.4 Å². The van der Waals surface area contributed by atoms with Gasteiger partial charge in [0.2, 0.25) is 5.88 Å². The second-order valence-corrected chi connectivity index (χ2v) is 11.9. The van der Waals surface area contributed by atoms with E-state index in [1.165, 1.54) is 30.3 Å². The quantitative estimate of drug-likeness (QED) is 0.193. The number of ether oxygens (including phenoxy) is 2. The van der Waals surface area contributed by atoms with Gasteiger partial charge in [-0.1, -0.05) is 26.0 Å². The minimum absolute atomic E-state index is 0.0414. The number of aromatic nitrogens is 3. The molecule has 46 heavy (non-hydrogen) atoms. The van der Waals surface area contributed by atoms with E-state index in [1.807, 2.05) is 24.5 Å². The van der Waals surface area contributed by atoms with Gasteiger partial charge in [0, 0.05) is 41.7 Å². The minimum atomic E-state index is -1.07. The number of nitrogens with zero attached hydrogens (tertiary/aromatic N) is 4. The number of hydrogen-bond donors (Lipinski definition) is 1. The van der Waals surface area contributed by atoms with E-state index in [4.69, 9.17) is 19.7 Å². The summed E-state index contributed by atoms with van der Waals surface area (Å²) >= 11 is 0. The van der Waals surface area contributed by atoms with E-state index in [1.54, 1.807) is 18.2 Å². The second-order valence-electron chi connectivity index (χ2n) is 11.9. The third kappa shape index (κ3) is 6.04. The molecular weight excluding hydrogens is 597 g/mol. The maximum Gasteiger partial charge on any atom is 0.335 e. The van der Waals surface area contributed by atoms with Crippen LogP contribution in [0.4, 0.5) is 13.2 Å². The Hall–Kier alpha value is -5.21. The molecule has 0 amide bonds. The van der Waals surface area contributed by atoms with Crippen molar-refractivity contribution in [2.24, 2.45) is 5.41 Å². The number of nitriles is 1. The third-order valence-corrected chi connectivity index (χ3v) is 8.27. The Bertz CT molecular complexity index is 2020. The number of halogens is 3. The van der Waals surface area contributed by atoms with Crippen LogP contribution >= 0.6 is 0 Å². The van der Waals surface area contributed by atoms with Crippen molar-refractivity contribution in [3.8, 4) is 23.2 Å². The standard InChI is InChI=1S/C35H29F3N4O4/c1-35(2)19-45-11-10-31(35)42-30-14-21(34(43)44)8-9-29(30)40-32(42)15-23-13-27(38)24(16-26(23)37)28-4-3-5-33(41-28)46-18-22-7-6-20(17-39)12-25(22)36/h3-9,12-14,16,31H,10-11,15,18-19H2,1-2H3,(H,43,44). The normalized spacial score (nSPS) is 15.9. The maximum atomic E-state index is 15.7. The molecule has 5 aromatic rings. The summed E-state index contributed by atoms with van der Waals surface area (Å²) in [6.07, 6.45) is 0.598. The fourth-order valence-corrected chi connectivity index (χ4v) is 5.87. The van der Waals surface area contributed by atoms with Gasteiger partial charge in [-0.05, 0) is 60.5 Å². The highest BCUT2D eigenvalue weighted by atomic mass is 19.1. The maximum absolute atomic E-state index is 15.7. The summed E-state index contributed by atoms with van der Waals surface area (Å²) in [6.45, 7) is 4.90. The molecule has 0 saturated carbocycles. The smallest absolute Gasteiger partial charge is 0.335 e. The van der Waals surface area contributed by atoms with Crippen molar-refractivity contribution in [2.45, 2.75) is 39.3 Å². The Kier molecular flexibility index (Phi) is 8.23. The molecule has 11 heteroatoms. The van der Waals surface area contributed by atoms with Crippen LogP contribution in [0, 0.1) is 34.2 Å². The van der Waals surface area contributed by atoms with Gasteiger partial charge in [0.15, 0.2) is 0 Å². The number of carboxylic acids is 1. The summed E-state index contributed by atoms with van der Waals surface area (Å²) in [5.74, 6) is -2.49. The molecular formula is C35H29F3N4O4. The molecule has 2 aromatic heterocycles. The number of carboxylic acid groups (broad SMARTS) is 1. The van der Waals surface area contributed by atoms with Gasteiger partial charge in [-0.3, -0.25) is 0 Å². The van der Waals surface area contributed by atoms with E-state index in [0.29, 0.717) is 36.5 Å².